The van der Waals surface area contributed by atoms with Crippen molar-refractivity contribution in [3.05, 3.63) is 59.7 Å². The van der Waals surface area contributed by atoms with Crippen molar-refractivity contribution in [3.63, 3.8) is 0 Å². The van der Waals surface area contributed by atoms with Crippen LogP contribution in [-0.4, -0.2) is 32.6 Å². The summed E-state index contributed by atoms with van der Waals surface area (Å²) in [5.74, 6) is 0.547. The van der Waals surface area contributed by atoms with Crippen LogP contribution in [0.25, 0.3) is 0 Å². The maximum absolute atomic E-state index is 9.89. The molecule has 3 rings (SSSR count). The van der Waals surface area contributed by atoms with Crippen molar-refractivity contribution in [2.24, 2.45) is 0 Å². The van der Waals surface area contributed by atoms with Crippen molar-refractivity contribution in [1.29, 1.82) is 0 Å². The summed E-state index contributed by atoms with van der Waals surface area (Å²) in [6.45, 7) is 4.44. The Morgan fingerprint density at radius 2 is 1.21 bits per heavy atom. The lowest BCUT2D eigenvalue weighted by Crippen LogP contribution is -2.31. The van der Waals surface area contributed by atoms with Gasteiger partial charge in [-0.3, -0.25) is 0 Å². The minimum Gasteiger partial charge on any atom is -0.508 e. The molecule has 4 heteroatoms. The highest BCUT2D eigenvalue weighted by Gasteiger charge is 2.28. The molecule has 0 amide bonds. The lowest BCUT2D eigenvalue weighted by atomic mass is 9.78. The number of phenols is 2. The van der Waals surface area contributed by atoms with Gasteiger partial charge in [0.1, 0.15) is 11.5 Å². The van der Waals surface area contributed by atoms with E-state index in [1.54, 1.807) is 24.3 Å². The Hall–Kier alpha value is -2.04. The second-order valence-corrected chi connectivity index (χ2v) is 8.33. The van der Waals surface area contributed by atoms with E-state index in [2.05, 4.69) is 13.8 Å². The monoisotopic (exact) mass is 386 g/mol. The van der Waals surface area contributed by atoms with E-state index >= 15 is 0 Å². The molecule has 4 N–H and O–H groups in total. The highest BCUT2D eigenvalue weighted by atomic mass is 16.3. The minimum atomic E-state index is -0.430. The Bertz CT molecular complexity index is 651. The summed E-state index contributed by atoms with van der Waals surface area (Å²) in [4.78, 5) is 0. The third-order valence-electron chi connectivity index (χ3n) is 5.76. The van der Waals surface area contributed by atoms with Gasteiger partial charge in [-0.1, -0.05) is 57.4 Å². The summed E-state index contributed by atoms with van der Waals surface area (Å²) < 4.78 is 0. The van der Waals surface area contributed by atoms with Crippen LogP contribution in [0.4, 0.5) is 0 Å². The summed E-state index contributed by atoms with van der Waals surface area (Å²) in [6.07, 6.45) is 6.98. The van der Waals surface area contributed by atoms with Gasteiger partial charge in [0.2, 0.25) is 0 Å². The third kappa shape index (κ3) is 6.25. The fourth-order valence-electron chi connectivity index (χ4n) is 3.79. The molecule has 0 unspecified atom stereocenters. The van der Waals surface area contributed by atoms with Crippen molar-refractivity contribution in [3.8, 4) is 11.5 Å². The van der Waals surface area contributed by atoms with Crippen LogP contribution in [-0.2, 0) is 5.41 Å². The molecular formula is C24H34O4. The number of rotatable bonds is 5. The van der Waals surface area contributed by atoms with Crippen molar-refractivity contribution in [2.75, 3.05) is 6.61 Å². The summed E-state index contributed by atoms with van der Waals surface area (Å²) in [6, 6.07) is 14.4. The molecule has 154 valence electrons. The summed E-state index contributed by atoms with van der Waals surface area (Å²) in [5, 5.41) is 37.1. The van der Waals surface area contributed by atoms with E-state index in [0.717, 1.165) is 49.7 Å². The van der Waals surface area contributed by atoms with Gasteiger partial charge in [-0.15, -0.1) is 0 Å². The number of aromatic hydroxyl groups is 2. The lowest BCUT2D eigenvalue weighted by molar-refractivity contribution is -0.00866. The second-order valence-electron chi connectivity index (χ2n) is 8.33. The first kappa shape index (κ1) is 22.3. The topological polar surface area (TPSA) is 80.9 Å². The molecule has 0 radical (unpaired) electrons. The van der Waals surface area contributed by atoms with Gasteiger partial charge in [0.25, 0.3) is 0 Å². The molecule has 1 saturated carbocycles. The normalized spacial score (nSPS) is 16.1. The summed E-state index contributed by atoms with van der Waals surface area (Å²) in [5.41, 5.74) is 1.67. The van der Waals surface area contributed by atoms with Gasteiger partial charge in [-0.25, -0.2) is 0 Å². The summed E-state index contributed by atoms with van der Waals surface area (Å²) in [7, 11) is 0. The fraction of sp³-hybridized carbons (Fsp3) is 0.500. The Kier molecular flexibility index (Phi) is 7.90. The van der Waals surface area contributed by atoms with Gasteiger partial charge >= 0.3 is 0 Å². The molecule has 1 aliphatic rings. The zero-order valence-electron chi connectivity index (χ0n) is 17.1. The molecule has 0 spiro atoms. The average Bonchev–Trinajstić information content (AvgIpc) is 2.68. The van der Waals surface area contributed by atoms with Gasteiger partial charge in [-0.05, 0) is 61.1 Å². The third-order valence-corrected chi connectivity index (χ3v) is 5.76. The van der Waals surface area contributed by atoms with E-state index in [0.29, 0.717) is 0 Å². The van der Waals surface area contributed by atoms with Crippen LogP contribution < -0.4 is 0 Å². The van der Waals surface area contributed by atoms with Crippen LogP contribution in [0.2, 0.25) is 0 Å². The second kappa shape index (κ2) is 9.94. The van der Waals surface area contributed by atoms with Gasteiger partial charge in [0, 0.05) is 12.0 Å². The number of phenolic OH excluding ortho intramolecular Hbond substituents is 2. The predicted molar refractivity (Wildman–Crippen MR) is 113 cm³/mol. The lowest BCUT2D eigenvalue weighted by Gasteiger charge is -2.31. The van der Waals surface area contributed by atoms with Crippen LogP contribution in [0.15, 0.2) is 48.5 Å². The zero-order chi connectivity index (χ0) is 20.6. The Balaban J connectivity index is 0.000000221. The molecule has 4 nitrogen and oxygen atoms in total. The van der Waals surface area contributed by atoms with Gasteiger partial charge in [0.05, 0.1) is 5.60 Å². The molecule has 1 fully saturated rings. The van der Waals surface area contributed by atoms with E-state index < -0.39 is 5.60 Å². The number of hydrogen-bond acceptors (Lipinski definition) is 4. The number of aliphatic hydroxyl groups excluding tert-OH is 1. The van der Waals surface area contributed by atoms with Crippen LogP contribution in [0, 0.1) is 0 Å². The van der Waals surface area contributed by atoms with E-state index in [1.165, 1.54) is 6.42 Å². The molecule has 0 atom stereocenters. The van der Waals surface area contributed by atoms with Crippen LogP contribution in [0.5, 0.6) is 11.5 Å². The smallest absolute Gasteiger partial charge is 0.115 e. The Morgan fingerprint density at radius 1 is 0.786 bits per heavy atom. The molecule has 28 heavy (non-hydrogen) atoms. The van der Waals surface area contributed by atoms with E-state index in [1.807, 2.05) is 24.3 Å². The molecular weight excluding hydrogens is 352 g/mol. The van der Waals surface area contributed by atoms with Gasteiger partial charge < -0.3 is 20.4 Å². The summed E-state index contributed by atoms with van der Waals surface area (Å²) >= 11 is 0. The predicted octanol–water partition coefficient (Wildman–Crippen LogP) is 4.88. The van der Waals surface area contributed by atoms with Crippen LogP contribution in [0.3, 0.4) is 0 Å². The first-order valence-electron chi connectivity index (χ1n) is 10.2. The van der Waals surface area contributed by atoms with Gasteiger partial charge in [-0.2, -0.15) is 0 Å². The average molecular weight is 387 g/mol. The maximum atomic E-state index is 9.89. The highest BCUT2D eigenvalue weighted by Crippen LogP contribution is 2.33. The zero-order valence-corrected chi connectivity index (χ0v) is 17.1. The maximum Gasteiger partial charge on any atom is 0.115 e. The van der Waals surface area contributed by atoms with E-state index in [4.69, 9.17) is 5.11 Å². The number of hydrogen-bond donors (Lipinski definition) is 4. The van der Waals surface area contributed by atoms with Crippen molar-refractivity contribution in [2.45, 2.75) is 69.8 Å². The number of aliphatic hydroxyl groups is 2. The SMILES string of the molecule is CC(C)(c1ccc(O)cc1)c1ccc(O)cc1.OCCCC1(O)CCCCC1. The molecule has 2 aromatic carbocycles. The largest absolute Gasteiger partial charge is 0.508 e. The Morgan fingerprint density at radius 3 is 1.61 bits per heavy atom. The van der Waals surface area contributed by atoms with Crippen molar-refractivity contribution in [1.82, 2.24) is 0 Å². The van der Waals surface area contributed by atoms with Crippen molar-refractivity contribution >= 4 is 0 Å². The highest BCUT2D eigenvalue weighted by molar-refractivity contribution is 5.41. The first-order valence-corrected chi connectivity index (χ1v) is 10.2. The van der Waals surface area contributed by atoms with Crippen LogP contribution in [0.1, 0.15) is 69.9 Å². The standard InChI is InChI=1S/C15H16O2.C9H18O2/c1-15(2,11-3-7-13(16)8-4-11)12-5-9-14(17)10-6-12;10-8-4-7-9(11)5-2-1-3-6-9/h3-10,16-17H,1-2H3;10-11H,1-8H2. The van der Waals surface area contributed by atoms with Crippen LogP contribution >= 0.6 is 0 Å². The van der Waals surface area contributed by atoms with Crippen molar-refractivity contribution < 1.29 is 20.4 Å². The van der Waals surface area contributed by atoms with Gasteiger partial charge in [0.15, 0.2) is 0 Å². The molecule has 0 saturated heterocycles. The minimum absolute atomic E-state index is 0.151. The number of benzene rings is 2. The van der Waals surface area contributed by atoms with E-state index in [9.17, 15) is 15.3 Å². The quantitative estimate of drug-likeness (QED) is 0.590. The molecule has 1 aliphatic carbocycles. The molecule has 0 bridgehead atoms. The Labute approximate surface area is 168 Å². The molecule has 0 aliphatic heterocycles. The molecule has 0 heterocycles. The molecule has 2 aromatic rings. The first-order chi connectivity index (χ1) is 13.3. The fourth-order valence-corrected chi connectivity index (χ4v) is 3.79. The van der Waals surface area contributed by atoms with E-state index in [-0.39, 0.29) is 23.5 Å². The molecule has 0 aromatic heterocycles.